The van der Waals surface area contributed by atoms with Crippen LogP contribution in [0.4, 0.5) is 0 Å². The molecule has 0 spiro atoms. The van der Waals surface area contributed by atoms with Crippen LogP contribution in [0.5, 0.6) is 0 Å². The van der Waals surface area contributed by atoms with Gasteiger partial charge in [-0.15, -0.1) is 0 Å². The van der Waals surface area contributed by atoms with Gasteiger partial charge in [-0.05, 0) is 37.4 Å². The van der Waals surface area contributed by atoms with Crippen molar-refractivity contribution in [1.29, 1.82) is 0 Å². The van der Waals surface area contributed by atoms with Crippen molar-refractivity contribution < 1.29 is 17.6 Å². The third-order valence-corrected chi connectivity index (χ3v) is 5.73. The van der Waals surface area contributed by atoms with Crippen molar-refractivity contribution in [1.82, 2.24) is 10.0 Å². The first-order valence-corrected chi connectivity index (χ1v) is 9.24. The first-order chi connectivity index (χ1) is 11.3. The minimum Gasteiger partial charge on any atom is -0.448 e. The van der Waals surface area contributed by atoms with Crippen molar-refractivity contribution in [2.75, 3.05) is 7.05 Å². The van der Waals surface area contributed by atoms with E-state index in [1.165, 1.54) is 18.7 Å². The van der Waals surface area contributed by atoms with Gasteiger partial charge in [-0.1, -0.05) is 31.2 Å². The Kier molecular flexibility index (Phi) is 4.23. The molecule has 0 radical (unpaired) electrons. The molecule has 1 aliphatic rings. The fourth-order valence-corrected chi connectivity index (χ4v) is 3.86. The van der Waals surface area contributed by atoms with Gasteiger partial charge in [0.15, 0.2) is 0 Å². The molecule has 7 heteroatoms. The molecule has 0 unspecified atom stereocenters. The lowest BCUT2D eigenvalue weighted by Gasteiger charge is -2.18. The minimum atomic E-state index is -3.72. The van der Waals surface area contributed by atoms with Gasteiger partial charge in [-0.25, -0.2) is 13.1 Å². The summed E-state index contributed by atoms with van der Waals surface area (Å²) in [6.07, 6.45) is 0.908. The number of aryl methyl sites for hydroxylation is 1. The maximum atomic E-state index is 12.6. The highest BCUT2D eigenvalue weighted by Gasteiger charge is 2.31. The monoisotopic (exact) mass is 348 g/mol. The highest BCUT2D eigenvalue weighted by atomic mass is 32.2. The molecule has 128 valence electrons. The van der Waals surface area contributed by atoms with Crippen LogP contribution in [0.1, 0.15) is 40.2 Å². The Labute approximate surface area is 141 Å². The van der Waals surface area contributed by atoms with Gasteiger partial charge in [0.1, 0.15) is 5.76 Å². The lowest BCUT2D eigenvalue weighted by Crippen LogP contribution is -2.30. The maximum absolute atomic E-state index is 12.6. The van der Waals surface area contributed by atoms with Crippen LogP contribution in [0.25, 0.3) is 0 Å². The zero-order valence-corrected chi connectivity index (χ0v) is 14.6. The molecule has 2 atom stereocenters. The van der Waals surface area contributed by atoms with E-state index >= 15 is 0 Å². The third kappa shape index (κ3) is 2.85. The summed E-state index contributed by atoms with van der Waals surface area (Å²) < 4.78 is 31.0. The zero-order chi connectivity index (χ0) is 17.5. The van der Waals surface area contributed by atoms with E-state index in [9.17, 15) is 13.2 Å². The molecule has 6 nitrogen and oxygen atoms in total. The third-order valence-electron chi connectivity index (χ3n) is 4.46. The quantitative estimate of drug-likeness (QED) is 0.886. The summed E-state index contributed by atoms with van der Waals surface area (Å²) in [5.41, 5.74) is 2.58. The fraction of sp³-hybridized carbons (Fsp3) is 0.353. The van der Waals surface area contributed by atoms with Crippen LogP contribution in [0.15, 0.2) is 39.8 Å². The first kappa shape index (κ1) is 16.7. The molecule has 1 aliphatic carbocycles. The lowest BCUT2D eigenvalue weighted by atomic mass is 10.0. The van der Waals surface area contributed by atoms with E-state index in [4.69, 9.17) is 4.42 Å². The van der Waals surface area contributed by atoms with Crippen molar-refractivity contribution >= 4 is 15.9 Å². The van der Waals surface area contributed by atoms with Crippen LogP contribution in [-0.4, -0.2) is 21.4 Å². The Morgan fingerprint density at radius 2 is 2.00 bits per heavy atom. The summed E-state index contributed by atoms with van der Waals surface area (Å²) in [7, 11) is -2.42. The molecule has 1 aromatic carbocycles. The van der Waals surface area contributed by atoms with E-state index in [1.807, 2.05) is 18.2 Å². The van der Waals surface area contributed by atoms with Crippen LogP contribution in [0.3, 0.4) is 0 Å². The van der Waals surface area contributed by atoms with E-state index in [-0.39, 0.29) is 34.3 Å². The van der Waals surface area contributed by atoms with Crippen LogP contribution >= 0.6 is 0 Å². The van der Waals surface area contributed by atoms with E-state index in [2.05, 4.69) is 23.0 Å². The largest absolute Gasteiger partial charge is 0.448 e. The van der Waals surface area contributed by atoms with Gasteiger partial charge in [-0.2, -0.15) is 0 Å². The summed E-state index contributed by atoms with van der Waals surface area (Å²) in [6.45, 7) is 3.67. The number of carbonyl (C=O) groups is 1. The molecular formula is C17H20N2O4S. The number of furan rings is 1. The average Bonchev–Trinajstić information content (AvgIpc) is 3.09. The number of sulfonamides is 1. The predicted molar refractivity (Wildman–Crippen MR) is 89.2 cm³/mol. The molecule has 0 saturated carbocycles. The molecule has 2 N–H and O–H groups in total. The Hall–Kier alpha value is -2.12. The van der Waals surface area contributed by atoms with Crippen LogP contribution < -0.4 is 10.0 Å². The van der Waals surface area contributed by atoms with Crippen molar-refractivity contribution in [3.8, 4) is 0 Å². The maximum Gasteiger partial charge on any atom is 0.273 e. The van der Waals surface area contributed by atoms with Gasteiger partial charge in [-0.3, -0.25) is 4.79 Å². The molecular weight excluding hydrogens is 328 g/mol. The summed E-state index contributed by atoms with van der Waals surface area (Å²) in [5, 5.41) is 2.75. The second-order valence-electron chi connectivity index (χ2n) is 6.07. The van der Waals surface area contributed by atoms with Gasteiger partial charge in [0.2, 0.25) is 5.09 Å². The molecule has 1 heterocycles. The van der Waals surface area contributed by atoms with Gasteiger partial charge >= 0.3 is 0 Å². The standard InChI is InChI=1S/C17H20N2O4S/c1-10-8-12-6-4-5-7-13(12)16(10)19-17(20)14-9-15(23-11(14)2)24(21,22)18-3/h4-7,9-10,16,18H,8H2,1-3H3,(H,19,20)/t10-,16+/m1/s1. The summed E-state index contributed by atoms with van der Waals surface area (Å²) >= 11 is 0. The molecule has 0 aliphatic heterocycles. The molecule has 0 bridgehead atoms. The summed E-state index contributed by atoms with van der Waals surface area (Å²) in [6, 6.07) is 9.21. The van der Waals surface area contributed by atoms with Crippen LogP contribution in [0.2, 0.25) is 0 Å². The number of hydrogen-bond acceptors (Lipinski definition) is 4. The highest BCUT2D eigenvalue weighted by Crippen LogP contribution is 2.36. The van der Waals surface area contributed by atoms with Gasteiger partial charge < -0.3 is 9.73 Å². The van der Waals surface area contributed by atoms with E-state index in [0.717, 1.165) is 12.0 Å². The molecule has 0 fully saturated rings. The Balaban J connectivity index is 1.86. The number of benzene rings is 1. The van der Waals surface area contributed by atoms with Crippen LogP contribution in [0, 0.1) is 12.8 Å². The average molecular weight is 348 g/mol. The number of hydrogen-bond donors (Lipinski definition) is 2. The smallest absolute Gasteiger partial charge is 0.273 e. The normalized spacial score (nSPS) is 20.0. The first-order valence-electron chi connectivity index (χ1n) is 7.76. The zero-order valence-electron chi connectivity index (χ0n) is 13.8. The molecule has 3 rings (SSSR count). The summed E-state index contributed by atoms with van der Waals surface area (Å²) in [4.78, 5) is 12.6. The predicted octanol–water partition coefficient (Wildman–Crippen LogP) is 2.16. The van der Waals surface area contributed by atoms with Crippen molar-refractivity contribution in [2.45, 2.75) is 31.4 Å². The Morgan fingerprint density at radius 1 is 1.29 bits per heavy atom. The van der Waals surface area contributed by atoms with Crippen LogP contribution in [-0.2, 0) is 16.4 Å². The number of nitrogens with one attached hydrogen (secondary N) is 2. The van der Waals surface area contributed by atoms with Gasteiger partial charge in [0, 0.05) is 6.07 Å². The summed E-state index contributed by atoms with van der Waals surface area (Å²) in [5.74, 6) is 0.224. The number of fused-ring (bicyclic) bond motifs is 1. The molecule has 2 aromatic rings. The van der Waals surface area contributed by atoms with E-state index in [1.54, 1.807) is 6.92 Å². The van der Waals surface area contributed by atoms with E-state index < -0.39 is 10.0 Å². The molecule has 24 heavy (non-hydrogen) atoms. The molecule has 1 aromatic heterocycles. The fourth-order valence-electron chi connectivity index (χ4n) is 3.15. The molecule has 1 amide bonds. The minimum absolute atomic E-state index is 0.0904. The second-order valence-corrected chi connectivity index (χ2v) is 7.89. The molecule has 0 saturated heterocycles. The van der Waals surface area contributed by atoms with Crippen molar-refractivity contribution in [3.05, 3.63) is 52.8 Å². The van der Waals surface area contributed by atoms with Gasteiger partial charge in [0.25, 0.3) is 15.9 Å². The Bertz CT molecular complexity index is 886. The highest BCUT2D eigenvalue weighted by molar-refractivity contribution is 7.89. The number of carbonyl (C=O) groups excluding carboxylic acids is 1. The number of amides is 1. The van der Waals surface area contributed by atoms with E-state index in [0.29, 0.717) is 0 Å². The lowest BCUT2D eigenvalue weighted by molar-refractivity contribution is 0.0925. The van der Waals surface area contributed by atoms with Gasteiger partial charge in [0.05, 0.1) is 11.6 Å². The van der Waals surface area contributed by atoms with Crippen molar-refractivity contribution in [3.63, 3.8) is 0 Å². The van der Waals surface area contributed by atoms with Crippen molar-refractivity contribution in [2.24, 2.45) is 5.92 Å². The second kappa shape index (κ2) is 6.07. The topological polar surface area (TPSA) is 88.4 Å². The SMILES string of the molecule is CNS(=O)(=O)c1cc(C(=O)N[C@@H]2c3ccccc3C[C@H]2C)c(C)o1. The number of rotatable bonds is 4. The Morgan fingerprint density at radius 3 is 2.71 bits per heavy atom.